The molecule has 3 aromatic rings. The first-order chi connectivity index (χ1) is 18.6. The van der Waals surface area contributed by atoms with Crippen molar-refractivity contribution >= 4 is 5.97 Å². The number of hydrogen-bond acceptors (Lipinski definition) is 3. The molecule has 1 aliphatic carbocycles. The van der Waals surface area contributed by atoms with Crippen molar-refractivity contribution < 1.29 is 28.2 Å². The average Bonchev–Trinajstić information content (AvgIpc) is 3.77. The van der Waals surface area contributed by atoms with Crippen LogP contribution in [0.15, 0.2) is 54.6 Å². The van der Waals surface area contributed by atoms with Crippen LogP contribution in [-0.4, -0.2) is 18.2 Å². The molecule has 4 rings (SSSR count). The summed E-state index contributed by atoms with van der Waals surface area (Å²) in [7, 11) is 1.55. The van der Waals surface area contributed by atoms with Crippen molar-refractivity contribution in [3.05, 3.63) is 82.9 Å². The molecule has 0 aliphatic heterocycles. The van der Waals surface area contributed by atoms with E-state index in [9.17, 15) is 13.6 Å². The van der Waals surface area contributed by atoms with Gasteiger partial charge in [-0.25, -0.2) is 8.78 Å². The lowest BCUT2D eigenvalue weighted by atomic mass is 9.79. The standard InChI is InChI=1S/C30H34F2O4.C3H6/c1-5-15-30(2,3)18-22-16-20(9-12-24(22)25-17-23(35-4)11-13-26(25)31)19-36-27-8-6-7-21(29(27)32)10-14-28(33)34;1-2-3-1/h6-9,11-13,16-17H,5,10,14-15,18-19H2,1-4H3,(H,33,34);1-3H2. The first kappa shape index (κ1) is 30.1. The van der Waals surface area contributed by atoms with E-state index in [1.807, 2.05) is 18.2 Å². The SMILES string of the molecule is C1CC1.CCCC(C)(C)Cc1cc(COc2cccc(CCC(=O)O)c2F)ccc1-c1cc(OC)ccc1F. The lowest BCUT2D eigenvalue weighted by Crippen LogP contribution is -2.15. The summed E-state index contributed by atoms with van der Waals surface area (Å²) in [6, 6.07) is 15.2. The summed E-state index contributed by atoms with van der Waals surface area (Å²) in [6.45, 7) is 6.67. The molecule has 1 aliphatic rings. The van der Waals surface area contributed by atoms with Crippen LogP contribution in [0.2, 0.25) is 0 Å². The maximum atomic E-state index is 14.9. The van der Waals surface area contributed by atoms with Crippen LogP contribution in [0.4, 0.5) is 8.78 Å². The molecule has 0 saturated heterocycles. The van der Waals surface area contributed by atoms with Gasteiger partial charge >= 0.3 is 5.97 Å². The van der Waals surface area contributed by atoms with Crippen LogP contribution in [-0.2, 0) is 24.2 Å². The monoisotopic (exact) mass is 538 g/mol. The molecule has 1 saturated carbocycles. The fraction of sp³-hybridized carbons (Fsp3) is 0.424. The molecule has 6 heteroatoms. The number of aryl methyl sites for hydroxylation is 1. The third-order valence-electron chi connectivity index (χ3n) is 6.63. The summed E-state index contributed by atoms with van der Waals surface area (Å²) in [5, 5.41) is 8.89. The van der Waals surface area contributed by atoms with Gasteiger partial charge in [0.15, 0.2) is 11.6 Å². The van der Waals surface area contributed by atoms with Gasteiger partial charge in [0.05, 0.1) is 7.11 Å². The second kappa shape index (κ2) is 14.1. The number of aliphatic carboxylic acids is 1. The van der Waals surface area contributed by atoms with E-state index in [4.69, 9.17) is 14.6 Å². The molecule has 4 nitrogen and oxygen atoms in total. The quantitative estimate of drug-likeness (QED) is 0.250. The van der Waals surface area contributed by atoms with E-state index in [-0.39, 0.29) is 36.4 Å². The summed E-state index contributed by atoms with van der Waals surface area (Å²) in [4.78, 5) is 10.9. The first-order valence-corrected chi connectivity index (χ1v) is 13.7. The molecular formula is C33H40F2O4. The number of rotatable bonds is 12. The van der Waals surface area contributed by atoms with Crippen molar-refractivity contribution in [2.75, 3.05) is 7.11 Å². The Kier molecular flexibility index (Phi) is 10.9. The molecule has 210 valence electrons. The molecule has 0 atom stereocenters. The minimum absolute atomic E-state index is 0.00288. The van der Waals surface area contributed by atoms with Gasteiger partial charge in [-0.05, 0) is 71.2 Å². The van der Waals surface area contributed by atoms with Gasteiger partial charge in [-0.3, -0.25) is 4.79 Å². The average molecular weight is 539 g/mol. The molecule has 0 spiro atoms. The summed E-state index contributed by atoms with van der Waals surface area (Å²) < 4.78 is 40.8. The van der Waals surface area contributed by atoms with Crippen molar-refractivity contribution in [3.8, 4) is 22.6 Å². The molecule has 0 radical (unpaired) electrons. The van der Waals surface area contributed by atoms with Gasteiger partial charge in [0, 0.05) is 12.0 Å². The number of methoxy groups -OCH3 is 1. The van der Waals surface area contributed by atoms with Crippen LogP contribution in [0.25, 0.3) is 11.1 Å². The van der Waals surface area contributed by atoms with Crippen molar-refractivity contribution in [1.29, 1.82) is 0 Å². The van der Waals surface area contributed by atoms with Gasteiger partial charge in [0.2, 0.25) is 0 Å². The highest BCUT2D eigenvalue weighted by atomic mass is 19.1. The number of carbonyl (C=O) groups is 1. The van der Waals surface area contributed by atoms with Crippen LogP contribution in [0.3, 0.4) is 0 Å². The third-order valence-corrected chi connectivity index (χ3v) is 6.63. The Bertz CT molecular complexity index is 1250. The minimum Gasteiger partial charge on any atom is -0.497 e. The van der Waals surface area contributed by atoms with Gasteiger partial charge in [0.1, 0.15) is 18.2 Å². The van der Waals surface area contributed by atoms with E-state index in [2.05, 4.69) is 20.8 Å². The lowest BCUT2D eigenvalue weighted by Gasteiger charge is -2.26. The zero-order valence-corrected chi connectivity index (χ0v) is 23.5. The zero-order valence-electron chi connectivity index (χ0n) is 23.5. The van der Waals surface area contributed by atoms with Crippen LogP contribution in [0.5, 0.6) is 11.5 Å². The molecule has 1 fully saturated rings. The maximum Gasteiger partial charge on any atom is 0.303 e. The van der Waals surface area contributed by atoms with Crippen LogP contribution in [0, 0.1) is 17.0 Å². The Hall–Kier alpha value is -3.41. The Morgan fingerprint density at radius 3 is 2.36 bits per heavy atom. The molecule has 39 heavy (non-hydrogen) atoms. The lowest BCUT2D eigenvalue weighted by molar-refractivity contribution is -0.136. The number of carboxylic acid groups (broad SMARTS) is 1. The molecular weight excluding hydrogens is 498 g/mol. The van der Waals surface area contributed by atoms with Crippen molar-refractivity contribution in [3.63, 3.8) is 0 Å². The zero-order chi connectivity index (χ0) is 28.4. The highest BCUT2D eigenvalue weighted by Gasteiger charge is 2.21. The van der Waals surface area contributed by atoms with Crippen LogP contribution < -0.4 is 9.47 Å². The summed E-state index contributed by atoms with van der Waals surface area (Å²) >= 11 is 0. The molecule has 0 amide bonds. The number of hydrogen-bond donors (Lipinski definition) is 1. The fourth-order valence-corrected chi connectivity index (χ4v) is 4.53. The molecule has 0 aromatic heterocycles. The van der Waals surface area contributed by atoms with E-state index in [0.717, 1.165) is 36.0 Å². The maximum absolute atomic E-state index is 14.9. The van der Waals surface area contributed by atoms with E-state index in [1.54, 1.807) is 31.4 Å². The van der Waals surface area contributed by atoms with E-state index in [1.165, 1.54) is 31.4 Å². The fourth-order valence-electron chi connectivity index (χ4n) is 4.53. The number of halogens is 2. The Balaban J connectivity index is 0.00000131. The summed E-state index contributed by atoms with van der Waals surface area (Å²) in [5.41, 5.74) is 3.39. The van der Waals surface area contributed by atoms with E-state index < -0.39 is 11.8 Å². The number of ether oxygens (including phenoxy) is 2. The molecule has 3 aromatic carbocycles. The smallest absolute Gasteiger partial charge is 0.303 e. The summed E-state index contributed by atoms with van der Waals surface area (Å²) in [6.07, 6.45) is 7.23. The Labute approximate surface area is 231 Å². The number of carboxylic acids is 1. The van der Waals surface area contributed by atoms with E-state index >= 15 is 0 Å². The minimum atomic E-state index is -0.980. The summed E-state index contributed by atoms with van der Waals surface area (Å²) in [5.74, 6) is -1.19. The van der Waals surface area contributed by atoms with Gasteiger partial charge in [-0.1, -0.05) is 76.8 Å². The van der Waals surface area contributed by atoms with Crippen molar-refractivity contribution in [2.24, 2.45) is 5.41 Å². The third kappa shape index (κ3) is 9.38. The second-order valence-electron chi connectivity index (χ2n) is 10.9. The Morgan fingerprint density at radius 2 is 1.72 bits per heavy atom. The van der Waals surface area contributed by atoms with Crippen LogP contribution >= 0.6 is 0 Å². The van der Waals surface area contributed by atoms with Gasteiger partial charge in [-0.2, -0.15) is 0 Å². The predicted molar refractivity (Wildman–Crippen MR) is 151 cm³/mol. The van der Waals surface area contributed by atoms with Gasteiger partial charge in [0.25, 0.3) is 0 Å². The molecule has 0 heterocycles. The van der Waals surface area contributed by atoms with Crippen LogP contribution in [0.1, 0.15) is 76.0 Å². The largest absolute Gasteiger partial charge is 0.497 e. The predicted octanol–water partition coefficient (Wildman–Crippen LogP) is 8.78. The highest BCUT2D eigenvalue weighted by Crippen LogP contribution is 2.36. The molecule has 0 bridgehead atoms. The molecule has 0 unspecified atom stereocenters. The first-order valence-electron chi connectivity index (χ1n) is 13.7. The topological polar surface area (TPSA) is 55.8 Å². The second-order valence-corrected chi connectivity index (χ2v) is 10.9. The van der Waals surface area contributed by atoms with Gasteiger partial charge in [-0.15, -0.1) is 0 Å². The molecule has 1 N–H and O–H groups in total. The van der Waals surface area contributed by atoms with E-state index in [0.29, 0.717) is 16.9 Å². The van der Waals surface area contributed by atoms with Crippen molar-refractivity contribution in [1.82, 2.24) is 0 Å². The Morgan fingerprint density at radius 1 is 0.974 bits per heavy atom. The highest BCUT2D eigenvalue weighted by molar-refractivity contribution is 5.70. The van der Waals surface area contributed by atoms with Crippen molar-refractivity contribution in [2.45, 2.75) is 78.7 Å². The number of benzene rings is 3. The van der Waals surface area contributed by atoms with Gasteiger partial charge < -0.3 is 14.6 Å². The normalized spacial score (nSPS) is 12.4.